The lowest BCUT2D eigenvalue weighted by Gasteiger charge is -2.48. The molecule has 9 heteroatoms. The molecule has 182 valence electrons. The summed E-state index contributed by atoms with van der Waals surface area (Å²) in [4.78, 5) is 28.1. The third-order valence-electron chi connectivity index (χ3n) is 7.16. The second-order valence-electron chi connectivity index (χ2n) is 9.26. The van der Waals surface area contributed by atoms with Crippen LogP contribution in [0.2, 0.25) is 0 Å². The number of hydrogen-bond acceptors (Lipinski definition) is 7. The van der Waals surface area contributed by atoms with Gasteiger partial charge in [0.25, 0.3) is 5.56 Å². The summed E-state index contributed by atoms with van der Waals surface area (Å²) in [6.07, 6.45) is 2.93. The van der Waals surface area contributed by atoms with Gasteiger partial charge in [0.15, 0.2) is 0 Å². The third kappa shape index (κ3) is 4.21. The predicted octanol–water partition coefficient (Wildman–Crippen LogP) is 3.81. The first kappa shape index (κ1) is 23.5. The molecule has 8 nitrogen and oxygen atoms in total. The molecule has 1 aliphatic heterocycles. The Labute approximate surface area is 209 Å². The van der Waals surface area contributed by atoms with Crippen LogP contribution in [0.15, 0.2) is 34.7 Å². The smallest absolute Gasteiger partial charge is 0.252 e. The summed E-state index contributed by atoms with van der Waals surface area (Å²) in [5.41, 5.74) is 6.46. The highest BCUT2D eigenvalue weighted by atomic mass is 32.1. The number of nitrogens with zero attached hydrogens (tertiary/aromatic N) is 7. The van der Waals surface area contributed by atoms with Crippen LogP contribution in [0, 0.1) is 11.8 Å². The fourth-order valence-electron chi connectivity index (χ4n) is 5.11. The fourth-order valence-corrected chi connectivity index (χ4v) is 5.77. The molecule has 1 aliphatic rings. The van der Waals surface area contributed by atoms with Gasteiger partial charge in [0, 0.05) is 44.3 Å². The number of aryl methyl sites for hydroxylation is 1. The van der Waals surface area contributed by atoms with Crippen molar-refractivity contribution in [3.63, 3.8) is 0 Å². The monoisotopic (exact) mass is 489 g/mol. The molecule has 0 aliphatic carbocycles. The number of anilines is 1. The van der Waals surface area contributed by atoms with Gasteiger partial charge < -0.3 is 9.47 Å². The molecule has 0 spiro atoms. The van der Waals surface area contributed by atoms with Gasteiger partial charge in [0.1, 0.15) is 16.9 Å². The van der Waals surface area contributed by atoms with E-state index in [0.717, 1.165) is 52.3 Å². The maximum atomic E-state index is 12.9. The van der Waals surface area contributed by atoms with Crippen molar-refractivity contribution in [1.82, 2.24) is 29.2 Å². The van der Waals surface area contributed by atoms with Gasteiger partial charge in [-0.15, -0.1) is 17.3 Å². The Balaban J connectivity index is 1.48. The van der Waals surface area contributed by atoms with Gasteiger partial charge in [-0.2, -0.15) is 5.10 Å². The first-order valence-electron chi connectivity index (χ1n) is 12.1. The maximum absolute atomic E-state index is 12.9. The highest BCUT2D eigenvalue weighted by Gasteiger charge is 2.35. The second kappa shape index (κ2) is 9.44. The Hall–Kier alpha value is -3.22. The highest BCUT2D eigenvalue weighted by molar-refractivity contribution is 7.16. The standard InChI is InChI=1S/C26H31N7OS/c1-6-8-11-31-15-23-25(29-31)22(12-24(34)30(23)5)32-14-19(7-2)33(13-17(32)3)18(4)20-9-10-21-26(28-20)35-16-27-21/h9-10,12,15-19H,7,11,13-14H2,1-5H3/t17-,18?,19+/m0/s1. The first-order valence-corrected chi connectivity index (χ1v) is 13.0. The highest BCUT2D eigenvalue weighted by Crippen LogP contribution is 2.33. The van der Waals surface area contributed by atoms with E-state index in [-0.39, 0.29) is 17.6 Å². The van der Waals surface area contributed by atoms with Crippen LogP contribution in [0.1, 0.15) is 45.9 Å². The SMILES string of the molecule is CC#CCn1cc2c(n1)c(N1C[C@@H](CC)N(C(C)c3ccc4ncsc4n3)C[C@@H]1C)cc(=O)n2C. The molecule has 3 atom stereocenters. The number of fused-ring (bicyclic) bond motifs is 2. The molecule has 0 radical (unpaired) electrons. The molecule has 5 rings (SSSR count). The summed E-state index contributed by atoms with van der Waals surface area (Å²) in [6.45, 7) is 10.7. The summed E-state index contributed by atoms with van der Waals surface area (Å²) in [5.74, 6) is 5.98. The number of hydrogen-bond donors (Lipinski definition) is 0. The van der Waals surface area contributed by atoms with E-state index in [2.05, 4.69) is 59.5 Å². The summed E-state index contributed by atoms with van der Waals surface area (Å²) in [7, 11) is 1.80. The van der Waals surface area contributed by atoms with Crippen molar-refractivity contribution in [2.75, 3.05) is 18.0 Å². The van der Waals surface area contributed by atoms with E-state index in [4.69, 9.17) is 10.1 Å². The van der Waals surface area contributed by atoms with Crippen molar-refractivity contribution in [2.24, 2.45) is 7.05 Å². The molecular weight excluding hydrogens is 458 g/mol. The first-order chi connectivity index (χ1) is 16.9. The van der Waals surface area contributed by atoms with Crippen molar-refractivity contribution < 1.29 is 0 Å². The van der Waals surface area contributed by atoms with E-state index in [1.54, 1.807) is 29.0 Å². The molecular formula is C26H31N7OS. The van der Waals surface area contributed by atoms with Gasteiger partial charge >= 0.3 is 0 Å². The van der Waals surface area contributed by atoms with Crippen LogP contribution in [-0.2, 0) is 13.6 Å². The van der Waals surface area contributed by atoms with E-state index < -0.39 is 0 Å². The van der Waals surface area contributed by atoms with Gasteiger partial charge in [-0.1, -0.05) is 12.8 Å². The lowest BCUT2D eigenvalue weighted by molar-refractivity contribution is 0.104. The number of rotatable bonds is 5. The summed E-state index contributed by atoms with van der Waals surface area (Å²) >= 11 is 1.58. The van der Waals surface area contributed by atoms with Crippen molar-refractivity contribution in [3.8, 4) is 11.8 Å². The minimum Gasteiger partial charge on any atom is -0.364 e. The van der Waals surface area contributed by atoms with E-state index in [0.29, 0.717) is 12.6 Å². The fraction of sp³-hybridized carbons (Fsp3) is 0.462. The van der Waals surface area contributed by atoms with Crippen molar-refractivity contribution in [1.29, 1.82) is 0 Å². The Morgan fingerprint density at radius 3 is 2.89 bits per heavy atom. The van der Waals surface area contributed by atoms with Crippen LogP contribution < -0.4 is 10.5 Å². The molecule has 1 saturated heterocycles. The van der Waals surface area contributed by atoms with Gasteiger partial charge in [-0.3, -0.25) is 14.4 Å². The van der Waals surface area contributed by atoms with Gasteiger partial charge in [-0.25, -0.2) is 9.97 Å². The molecule has 4 aromatic rings. The van der Waals surface area contributed by atoms with Crippen molar-refractivity contribution in [2.45, 2.75) is 58.8 Å². The number of thiazole rings is 1. The van der Waals surface area contributed by atoms with E-state index >= 15 is 0 Å². The van der Waals surface area contributed by atoms with Crippen LogP contribution in [0.25, 0.3) is 21.4 Å². The minimum absolute atomic E-state index is 0.0215. The number of piperazine rings is 1. The molecule has 1 fully saturated rings. The quantitative estimate of drug-likeness (QED) is 0.397. The van der Waals surface area contributed by atoms with Gasteiger partial charge in [0.2, 0.25) is 0 Å². The van der Waals surface area contributed by atoms with Crippen LogP contribution in [0.4, 0.5) is 5.69 Å². The van der Waals surface area contributed by atoms with Crippen LogP contribution in [0.3, 0.4) is 0 Å². The number of aromatic nitrogens is 5. The van der Waals surface area contributed by atoms with Crippen LogP contribution in [0.5, 0.6) is 0 Å². The lowest BCUT2D eigenvalue weighted by Crippen LogP contribution is -2.58. The van der Waals surface area contributed by atoms with Gasteiger partial charge in [0.05, 0.1) is 34.1 Å². The molecule has 5 heterocycles. The van der Waals surface area contributed by atoms with Crippen molar-refractivity contribution >= 4 is 38.4 Å². The molecule has 0 aromatic carbocycles. The average Bonchev–Trinajstić information content (AvgIpc) is 3.51. The molecule has 0 amide bonds. The second-order valence-corrected chi connectivity index (χ2v) is 10.1. The molecule has 35 heavy (non-hydrogen) atoms. The maximum Gasteiger partial charge on any atom is 0.252 e. The van der Waals surface area contributed by atoms with E-state index in [1.165, 1.54) is 0 Å². The zero-order valence-corrected chi connectivity index (χ0v) is 21.7. The summed E-state index contributed by atoms with van der Waals surface area (Å²) in [6, 6.07) is 6.64. The van der Waals surface area contributed by atoms with Gasteiger partial charge in [-0.05, 0) is 39.3 Å². The lowest BCUT2D eigenvalue weighted by atomic mass is 10.00. The zero-order valence-electron chi connectivity index (χ0n) is 20.9. The average molecular weight is 490 g/mol. The molecule has 1 unspecified atom stereocenters. The van der Waals surface area contributed by atoms with Crippen LogP contribution in [-0.4, -0.2) is 54.4 Å². The Morgan fingerprint density at radius 1 is 1.29 bits per heavy atom. The Kier molecular flexibility index (Phi) is 6.34. The predicted molar refractivity (Wildman–Crippen MR) is 142 cm³/mol. The molecule has 0 saturated carbocycles. The third-order valence-corrected chi connectivity index (χ3v) is 7.90. The Morgan fingerprint density at radius 2 is 2.11 bits per heavy atom. The Bertz CT molecular complexity index is 1490. The van der Waals surface area contributed by atoms with E-state index in [1.807, 2.05) is 23.3 Å². The van der Waals surface area contributed by atoms with E-state index in [9.17, 15) is 4.79 Å². The normalized spacial score (nSPS) is 19.7. The number of pyridine rings is 2. The minimum atomic E-state index is -0.0215. The summed E-state index contributed by atoms with van der Waals surface area (Å²) in [5, 5.41) is 4.82. The largest absolute Gasteiger partial charge is 0.364 e. The molecule has 0 N–H and O–H groups in total. The van der Waals surface area contributed by atoms with Crippen molar-refractivity contribution in [3.05, 3.63) is 46.0 Å². The molecule has 4 aromatic heterocycles. The molecule has 0 bridgehead atoms. The summed E-state index contributed by atoms with van der Waals surface area (Å²) < 4.78 is 3.49. The topological polar surface area (TPSA) is 72.1 Å². The zero-order chi connectivity index (χ0) is 24.7. The van der Waals surface area contributed by atoms with Crippen LogP contribution >= 0.6 is 11.3 Å².